The van der Waals surface area contributed by atoms with Gasteiger partial charge in [-0.1, -0.05) is 43.7 Å². The van der Waals surface area contributed by atoms with Gasteiger partial charge in [-0.3, -0.25) is 0 Å². The minimum atomic E-state index is 0.929. The van der Waals surface area contributed by atoms with Gasteiger partial charge in [-0.2, -0.15) is 0 Å². The van der Waals surface area contributed by atoms with Crippen LogP contribution < -0.4 is 5.32 Å². The molecule has 0 bridgehead atoms. The van der Waals surface area contributed by atoms with Crippen molar-refractivity contribution < 1.29 is 0 Å². The number of hydrogen-bond donors (Lipinski definition) is 1. The summed E-state index contributed by atoms with van der Waals surface area (Å²) < 4.78 is 2.43. The van der Waals surface area contributed by atoms with Gasteiger partial charge in [-0.05, 0) is 31.0 Å². The summed E-state index contributed by atoms with van der Waals surface area (Å²) in [6, 6.07) is 15.1. The molecule has 0 atom stereocenters. The lowest BCUT2D eigenvalue weighted by Gasteiger charge is -2.11. The van der Waals surface area contributed by atoms with E-state index in [1.54, 1.807) is 0 Å². The number of aryl methyl sites for hydroxylation is 1. The summed E-state index contributed by atoms with van der Waals surface area (Å²) in [5, 5.41) is 3.53. The van der Waals surface area contributed by atoms with Crippen molar-refractivity contribution >= 4 is 0 Å². The Morgan fingerprint density at radius 2 is 1.63 bits per heavy atom. The molecule has 0 saturated carbocycles. The molecule has 0 aliphatic carbocycles. The fourth-order valence-corrected chi connectivity index (χ4v) is 2.52. The molecule has 0 aliphatic rings. The van der Waals surface area contributed by atoms with Gasteiger partial charge in [0.05, 0.1) is 0 Å². The SMILES string of the molecule is CCCc1ccc(CNCc2ccccc2)n1CC. The van der Waals surface area contributed by atoms with Crippen LogP contribution >= 0.6 is 0 Å². The van der Waals surface area contributed by atoms with Crippen LogP contribution in [0.1, 0.15) is 37.2 Å². The van der Waals surface area contributed by atoms with Crippen molar-refractivity contribution in [3.8, 4) is 0 Å². The van der Waals surface area contributed by atoms with Gasteiger partial charge in [0.25, 0.3) is 0 Å². The lowest BCUT2D eigenvalue weighted by molar-refractivity contribution is 0.609. The Balaban J connectivity index is 1.92. The predicted octanol–water partition coefficient (Wildman–Crippen LogP) is 3.75. The van der Waals surface area contributed by atoms with Gasteiger partial charge in [-0.15, -0.1) is 0 Å². The number of benzene rings is 1. The maximum atomic E-state index is 3.53. The van der Waals surface area contributed by atoms with E-state index >= 15 is 0 Å². The van der Waals surface area contributed by atoms with Crippen molar-refractivity contribution in [3.05, 3.63) is 59.4 Å². The molecule has 0 unspecified atom stereocenters. The van der Waals surface area contributed by atoms with Crippen molar-refractivity contribution in [2.45, 2.75) is 46.3 Å². The van der Waals surface area contributed by atoms with E-state index in [4.69, 9.17) is 0 Å². The number of nitrogens with one attached hydrogen (secondary N) is 1. The Bertz CT molecular complexity index is 485. The van der Waals surface area contributed by atoms with Gasteiger partial charge >= 0.3 is 0 Å². The highest BCUT2D eigenvalue weighted by atomic mass is 15.0. The molecule has 102 valence electrons. The number of aromatic nitrogens is 1. The zero-order valence-corrected chi connectivity index (χ0v) is 12.0. The zero-order chi connectivity index (χ0) is 13.5. The highest BCUT2D eigenvalue weighted by Crippen LogP contribution is 2.11. The second-order valence-corrected chi connectivity index (χ2v) is 4.90. The first-order valence-electron chi connectivity index (χ1n) is 7.27. The molecule has 0 amide bonds. The average Bonchev–Trinajstić information content (AvgIpc) is 2.83. The van der Waals surface area contributed by atoms with Crippen molar-refractivity contribution in [1.29, 1.82) is 0 Å². The molecule has 1 heterocycles. The molecule has 0 aliphatic heterocycles. The van der Waals surface area contributed by atoms with E-state index in [9.17, 15) is 0 Å². The first-order chi connectivity index (χ1) is 9.35. The Kier molecular flexibility index (Phi) is 5.22. The first kappa shape index (κ1) is 13.9. The number of nitrogens with zero attached hydrogens (tertiary/aromatic N) is 1. The topological polar surface area (TPSA) is 17.0 Å². The summed E-state index contributed by atoms with van der Waals surface area (Å²) in [6.45, 7) is 7.39. The Labute approximate surface area is 116 Å². The summed E-state index contributed by atoms with van der Waals surface area (Å²) in [5.41, 5.74) is 4.19. The molecule has 1 N–H and O–H groups in total. The Hall–Kier alpha value is -1.54. The van der Waals surface area contributed by atoms with Gasteiger partial charge in [-0.25, -0.2) is 0 Å². The van der Waals surface area contributed by atoms with E-state index in [1.807, 2.05) is 0 Å². The third-order valence-electron chi connectivity index (χ3n) is 3.46. The first-order valence-corrected chi connectivity index (χ1v) is 7.27. The van der Waals surface area contributed by atoms with E-state index < -0.39 is 0 Å². The van der Waals surface area contributed by atoms with Crippen LogP contribution in [0.3, 0.4) is 0 Å². The largest absolute Gasteiger partial charge is 0.348 e. The van der Waals surface area contributed by atoms with Gasteiger partial charge < -0.3 is 9.88 Å². The van der Waals surface area contributed by atoms with Crippen LogP contribution in [0.25, 0.3) is 0 Å². The van der Waals surface area contributed by atoms with E-state index in [0.29, 0.717) is 0 Å². The molecular weight excluding hydrogens is 232 g/mol. The highest BCUT2D eigenvalue weighted by molar-refractivity contribution is 5.18. The smallest absolute Gasteiger partial charge is 0.0362 e. The quantitative estimate of drug-likeness (QED) is 0.798. The van der Waals surface area contributed by atoms with Crippen LogP contribution in [-0.4, -0.2) is 4.57 Å². The van der Waals surface area contributed by atoms with Crippen molar-refractivity contribution in [2.24, 2.45) is 0 Å². The van der Waals surface area contributed by atoms with E-state index in [2.05, 4.69) is 66.2 Å². The lowest BCUT2D eigenvalue weighted by atomic mass is 10.2. The van der Waals surface area contributed by atoms with Crippen LogP contribution in [-0.2, 0) is 26.1 Å². The van der Waals surface area contributed by atoms with Gasteiger partial charge in [0.15, 0.2) is 0 Å². The normalized spacial score (nSPS) is 10.8. The molecule has 1 aromatic heterocycles. The molecule has 0 fully saturated rings. The van der Waals surface area contributed by atoms with Crippen LogP contribution in [0, 0.1) is 0 Å². The second kappa shape index (κ2) is 7.15. The minimum Gasteiger partial charge on any atom is -0.348 e. The molecule has 19 heavy (non-hydrogen) atoms. The van der Waals surface area contributed by atoms with Crippen molar-refractivity contribution in [3.63, 3.8) is 0 Å². The molecular formula is C17H24N2. The zero-order valence-electron chi connectivity index (χ0n) is 12.0. The Morgan fingerprint density at radius 1 is 0.895 bits per heavy atom. The highest BCUT2D eigenvalue weighted by Gasteiger charge is 2.05. The van der Waals surface area contributed by atoms with E-state index in [-0.39, 0.29) is 0 Å². The van der Waals surface area contributed by atoms with Gasteiger partial charge in [0.2, 0.25) is 0 Å². The standard InChI is InChI=1S/C17H24N2/c1-3-8-16-11-12-17(19(16)4-2)14-18-13-15-9-6-5-7-10-15/h5-7,9-12,18H,3-4,8,13-14H2,1-2H3. The predicted molar refractivity (Wildman–Crippen MR) is 81.1 cm³/mol. The molecule has 0 radical (unpaired) electrons. The molecule has 0 saturated heterocycles. The molecule has 2 aromatic rings. The monoisotopic (exact) mass is 256 g/mol. The Morgan fingerprint density at radius 3 is 2.32 bits per heavy atom. The van der Waals surface area contributed by atoms with Crippen LogP contribution in [0.2, 0.25) is 0 Å². The molecule has 2 nitrogen and oxygen atoms in total. The van der Waals surface area contributed by atoms with Crippen LogP contribution in [0.5, 0.6) is 0 Å². The summed E-state index contributed by atoms with van der Waals surface area (Å²) in [5.74, 6) is 0. The molecule has 1 aromatic carbocycles. The molecule has 0 spiro atoms. The summed E-state index contributed by atoms with van der Waals surface area (Å²) in [4.78, 5) is 0. The van der Waals surface area contributed by atoms with Gasteiger partial charge in [0.1, 0.15) is 0 Å². The van der Waals surface area contributed by atoms with Crippen LogP contribution in [0.4, 0.5) is 0 Å². The second-order valence-electron chi connectivity index (χ2n) is 4.90. The minimum absolute atomic E-state index is 0.929. The van der Waals surface area contributed by atoms with Crippen molar-refractivity contribution in [1.82, 2.24) is 9.88 Å². The molecule has 2 rings (SSSR count). The number of rotatable bonds is 7. The summed E-state index contributed by atoms with van der Waals surface area (Å²) in [6.07, 6.45) is 2.38. The fraction of sp³-hybridized carbons (Fsp3) is 0.412. The molecule has 2 heteroatoms. The van der Waals surface area contributed by atoms with E-state index in [1.165, 1.54) is 29.8 Å². The van der Waals surface area contributed by atoms with E-state index in [0.717, 1.165) is 19.6 Å². The van der Waals surface area contributed by atoms with Gasteiger partial charge in [0, 0.05) is 31.0 Å². The maximum absolute atomic E-state index is 3.53. The maximum Gasteiger partial charge on any atom is 0.0362 e. The fourth-order valence-electron chi connectivity index (χ4n) is 2.52. The van der Waals surface area contributed by atoms with Crippen LogP contribution in [0.15, 0.2) is 42.5 Å². The third kappa shape index (κ3) is 3.71. The third-order valence-corrected chi connectivity index (χ3v) is 3.46. The lowest BCUT2D eigenvalue weighted by Crippen LogP contribution is -2.16. The number of hydrogen-bond acceptors (Lipinski definition) is 1. The van der Waals surface area contributed by atoms with Crippen molar-refractivity contribution in [2.75, 3.05) is 0 Å². The average molecular weight is 256 g/mol. The summed E-state index contributed by atoms with van der Waals surface area (Å²) >= 11 is 0. The summed E-state index contributed by atoms with van der Waals surface area (Å²) in [7, 11) is 0.